The van der Waals surface area contributed by atoms with Crippen molar-refractivity contribution in [3.63, 3.8) is 0 Å². The molecule has 0 N–H and O–H groups in total. The number of aromatic nitrogens is 2. The van der Waals surface area contributed by atoms with Gasteiger partial charge in [0.1, 0.15) is 0 Å². The number of fused-ring (bicyclic) bond motifs is 10. The summed E-state index contributed by atoms with van der Waals surface area (Å²) in [5, 5.41) is -0.314. The van der Waals surface area contributed by atoms with Crippen LogP contribution in [0.3, 0.4) is 0 Å². The molecule has 2 aliphatic rings. The van der Waals surface area contributed by atoms with Gasteiger partial charge in [-0.1, -0.05) is 314 Å². The lowest BCUT2D eigenvalue weighted by molar-refractivity contribution is 0.590. The topological polar surface area (TPSA) is 16.3 Å². The van der Waals surface area contributed by atoms with Crippen molar-refractivity contribution in [3.8, 4) is 89.3 Å². The van der Waals surface area contributed by atoms with Crippen molar-refractivity contribution in [1.82, 2.24) is 9.13 Å². The van der Waals surface area contributed by atoms with Gasteiger partial charge in [0.05, 0.1) is 55.4 Å². The van der Waals surface area contributed by atoms with Crippen LogP contribution < -0.4 is 26.2 Å². The molecule has 4 heterocycles. The second-order valence-corrected chi connectivity index (χ2v) is 30.4. The summed E-state index contributed by atoms with van der Waals surface area (Å²) in [6.45, 7) is 12.4. The molecule has 0 spiro atoms. The van der Waals surface area contributed by atoms with Gasteiger partial charge >= 0.3 is 0 Å². The fraction of sp³-hybridized carbons (Fsp3) is 0.0769. The summed E-state index contributed by atoms with van der Waals surface area (Å²) in [5.41, 5.74) is 20.2. The highest BCUT2D eigenvalue weighted by Crippen LogP contribution is 2.56. The van der Waals surface area contributed by atoms with Gasteiger partial charge in [0, 0.05) is 77.9 Å². The Hall–Kier alpha value is -13.2. The monoisotopic (exact) mass is 1410 g/mol. The van der Waals surface area contributed by atoms with Crippen molar-refractivity contribution in [2.75, 3.05) is 9.80 Å². The third-order valence-corrected chi connectivity index (χ3v) is 21.9. The van der Waals surface area contributed by atoms with Gasteiger partial charge in [-0.25, -0.2) is 0 Å². The molecule has 0 atom stereocenters. The first-order chi connectivity index (χ1) is 60.0. The first-order valence-corrected chi connectivity index (χ1v) is 36.9. The summed E-state index contributed by atoms with van der Waals surface area (Å²) < 4.78 is 156. The zero-order valence-electron chi connectivity index (χ0n) is 76.8. The lowest BCUT2D eigenvalue weighted by atomic mass is 9.33. The molecule has 0 aliphatic carbocycles. The fourth-order valence-electron chi connectivity index (χ4n) is 16.6. The number of benzene rings is 16. The Morgan fingerprint density at radius 3 is 0.917 bits per heavy atom. The van der Waals surface area contributed by atoms with E-state index in [1.807, 2.05) is 127 Å². The van der Waals surface area contributed by atoms with Gasteiger partial charge in [-0.3, -0.25) is 0 Å². The van der Waals surface area contributed by atoms with E-state index in [1.54, 1.807) is 9.13 Å². The molecular formula is C104H79BN4. The molecule has 2 aliphatic heterocycles. The van der Waals surface area contributed by atoms with Gasteiger partial charge in [-0.15, -0.1) is 0 Å². The zero-order chi connectivity index (χ0) is 87.2. The first kappa shape index (κ1) is 50.3. The third kappa shape index (κ3) is 11.0. The van der Waals surface area contributed by atoms with Crippen LogP contribution in [0.4, 0.5) is 34.1 Å². The smallest absolute Gasteiger partial charge is 0.252 e. The van der Waals surface area contributed by atoms with Crippen molar-refractivity contribution in [1.29, 1.82) is 0 Å². The molecule has 109 heavy (non-hydrogen) atoms. The van der Waals surface area contributed by atoms with E-state index in [1.165, 1.54) is 0 Å². The van der Waals surface area contributed by atoms with Crippen molar-refractivity contribution in [2.24, 2.45) is 0 Å². The van der Waals surface area contributed by atoms with Crippen LogP contribution in [-0.2, 0) is 10.8 Å². The Bertz CT molecular complexity index is 7310. The Kier molecular flexibility index (Phi) is 11.9. The summed E-state index contributed by atoms with van der Waals surface area (Å²) in [6, 6.07) is 85.9. The number of hydrogen-bond donors (Lipinski definition) is 0. The van der Waals surface area contributed by atoms with E-state index in [-0.39, 0.29) is 43.6 Å². The van der Waals surface area contributed by atoms with Crippen LogP contribution in [-0.4, -0.2) is 15.8 Å². The van der Waals surface area contributed by atoms with Crippen LogP contribution in [0.5, 0.6) is 0 Å². The summed E-state index contributed by atoms with van der Waals surface area (Å²) in [5.74, 6) is 0. The van der Waals surface area contributed by atoms with E-state index >= 15 is 0 Å². The minimum atomic E-state index is -0.803. The molecule has 0 unspecified atom stereocenters. The maximum absolute atomic E-state index is 10.0. The van der Waals surface area contributed by atoms with E-state index in [2.05, 4.69) is 197 Å². The van der Waals surface area contributed by atoms with Crippen molar-refractivity contribution in [2.45, 2.75) is 52.4 Å². The minimum absolute atomic E-state index is 0.0537. The molecule has 0 saturated heterocycles. The number of nitrogens with zero attached hydrogens (tertiary/aromatic N) is 4. The summed E-state index contributed by atoms with van der Waals surface area (Å²) >= 11 is 0. The highest BCUT2D eigenvalue weighted by molar-refractivity contribution is 7.00. The van der Waals surface area contributed by atoms with Crippen molar-refractivity contribution >= 4 is 101 Å². The number of hydrogen-bond acceptors (Lipinski definition) is 2. The molecule has 0 amide bonds. The lowest BCUT2D eigenvalue weighted by Gasteiger charge is -2.46. The molecule has 18 aromatic rings. The molecule has 0 fully saturated rings. The molecule has 16 aromatic carbocycles. The van der Waals surface area contributed by atoms with Gasteiger partial charge in [0.15, 0.2) is 0 Å². The maximum atomic E-state index is 10.0. The SMILES string of the molecule is [2H]c1c([2H])c([2H])c2c(c1[2H])c1c([2H])c([2H])c([2H])c([2H])c1n2-c1ccc2c(c1)N(c1c(-c3cccc(-c4ccccc4)c3)cc(-c3ccccc3)cc1-c1cccc(-c3ccccc3)c1)c1cc(C(C)(C)C)cc3c1B2c1ccc(-n2c4c([2H])c([2H])c([2H])c([2H])c4c4c([2H])c([2H])c([2H])c([2H])c42)cc1N3c1c(-c2ccccc2)cc(C(C)(C)C)cc1-c1ccccc1. The predicted octanol–water partition coefficient (Wildman–Crippen LogP) is 26.2. The molecule has 20 rings (SSSR count). The van der Waals surface area contributed by atoms with Crippen LogP contribution in [0.25, 0.3) is 133 Å². The molecule has 0 radical (unpaired) electrons. The van der Waals surface area contributed by atoms with Crippen LogP contribution in [0.1, 0.15) is 74.6 Å². The van der Waals surface area contributed by atoms with E-state index in [0.29, 0.717) is 22.7 Å². The summed E-state index contributed by atoms with van der Waals surface area (Å²) in [7, 11) is 0. The molecule has 5 heteroatoms. The first-order valence-electron chi connectivity index (χ1n) is 44.9. The van der Waals surface area contributed by atoms with Gasteiger partial charge < -0.3 is 18.9 Å². The standard InChI is InChI=1S/C104H79BN4/c1-103(2,3)78-62-88(71-38-18-10-19-39-71)102(89(63-78)72-40-20-11-21-41-72)109-97-67-81(107-94-52-28-24-48-84(94)85-49-25-29-53-95(85)107)55-57-91(97)105-90-56-54-80(106-92-50-26-22-46-82(92)83-47-23-27-51-93(83)106)66-96(90)108(98-64-79(104(4,5)6)65-99(109)100(98)105)101-86(75-44-30-42-73(58-75)68-32-12-7-13-33-68)60-77(70-36-16-9-17-37-70)61-87(101)76-45-31-43-74(59-76)69-34-14-8-15-35-69/h7-67H,1-6H3/i22D,23D,24D,25D,26D,27D,28D,29D,46D,47D,48D,49D,50D,51D,52D,53D. The Balaban J connectivity index is 1.02. The second-order valence-electron chi connectivity index (χ2n) is 30.4. The van der Waals surface area contributed by atoms with Crippen LogP contribution in [0, 0.1) is 0 Å². The average Bonchev–Trinajstić information content (AvgIpc) is 0.863. The number of rotatable bonds is 11. The summed E-state index contributed by atoms with van der Waals surface area (Å²) in [4.78, 5) is 4.71. The maximum Gasteiger partial charge on any atom is 0.252 e. The van der Waals surface area contributed by atoms with E-state index in [9.17, 15) is 19.2 Å². The predicted molar refractivity (Wildman–Crippen MR) is 465 cm³/mol. The Morgan fingerprint density at radius 1 is 0.257 bits per heavy atom. The van der Waals surface area contributed by atoms with Gasteiger partial charge in [-0.2, -0.15) is 0 Å². The third-order valence-electron chi connectivity index (χ3n) is 21.9. The number of para-hydroxylation sites is 4. The fourth-order valence-corrected chi connectivity index (χ4v) is 16.6. The molecule has 0 bridgehead atoms. The van der Waals surface area contributed by atoms with Crippen molar-refractivity contribution < 1.29 is 21.9 Å². The molecule has 0 saturated carbocycles. The Labute approximate surface area is 660 Å². The summed E-state index contributed by atoms with van der Waals surface area (Å²) in [6.07, 6.45) is 0. The minimum Gasteiger partial charge on any atom is -0.310 e. The van der Waals surface area contributed by atoms with E-state index in [0.717, 1.165) is 128 Å². The second kappa shape index (κ2) is 25.8. The largest absolute Gasteiger partial charge is 0.310 e. The molecular weight excluding hydrogens is 1320 g/mol. The quantitative estimate of drug-likeness (QED) is 0.120. The van der Waals surface area contributed by atoms with Crippen molar-refractivity contribution in [3.05, 3.63) is 381 Å². The van der Waals surface area contributed by atoms with Gasteiger partial charge in [0.25, 0.3) is 6.71 Å². The van der Waals surface area contributed by atoms with E-state index < -0.39 is 114 Å². The number of anilines is 6. The Morgan fingerprint density at radius 2 is 0.560 bits per heavy atom. The van der Waals surface area contributed by atoms with E-state index in [4.69, 9.17) is 2.74 Å². The normalized spacial score (nSPS) is 14.7. The van der Waals surface area contributed by atoms with Crippen LogP contribution >= 0.6 is 0 Å². The van der Waals surface area contributed by atoms with Crippen LogP contribution in [0.15, 0.2) is 370 Å². The highest BCUT2D eigenvalue weighted by atomic mass is 15.2. The zero-order valence-corrected chi connectivity index (χ0v) is 60.8. The molecule has 518 valence electrons. The highest BCUT2D eigenvalue weighted by Gasteiger charge is 2.47. The van der Waals surface area contributed by atoms with Gasteiger partial charge in [0.2, 0.25) is 0 Å². The van der Waals surface area contributed by atoms with Crippen LogP contribution in [0.2, 0.25) is 0 Å². The molecule has 2 aromatic heterocycles. The lowest BCUT2D eigenvalue weighted by Crippen LogP contribution is -2.61. The van der Waals surface area contributed by atoms with Gasteiger partial charge in [-0.05, 0) is 191 Å². The molecule has 4 nitrogen and oxygen atoms in total. The average molecular weight is 1410 g/mol.